The van der Waals surface area contributed by atoms with Crippen molar-refractivity contribution in [3.8, 4) is 0 Å². The molecule has 11 aliphatic rings. The number of fused-ring (bicyclic) bond motifs is 7. The molecular formula is C56H92O27. The zero-order valence-corrected chi connectivity index (χ0v) is 47.5. The Kier molecular flexibility index (Phi) is 19.1. The van der Waals surface area contributed by atoms with E-state index in [1.165, 1.54) is 0 Å². The van der Waals surface area contributed by atoms with Gasteiger partial charge in [-0.05, 0) is 104 Å². The van der Waals surface area contributed by atoms with Crippen LogP contribution >= 0.6 is 0 Å². The van der Waals surface area contributed by atoms with Crippen molar-refractivity contribution >= 4 is 0 Å². The van der Waals surface area contributed by atoms with Gasteiger partial charge in [0.2, 0.25) is 0 Å². The highest BCUT2D eigenvalue weighted by Crippen LogP contribution is 2.71. The molecule has 0 aromatic heterocycles. The lowest BCUT2D eigenvalue weighted by Gasteiger charge is -2.61. The maximum Gasteiger partial charge on any atom is 0.187 e. The van der Waals surface area contributed by atoms with Crippen LogP contribution in [0.4, 0.5) is 0 Å². The van der Waals surface area contributed by atoms with Gasteiger partial charge in [0, 0.05) is 12.3 Å². The van der Waals surface area contributed by atoms with E-state index in [0.717, 1.165) is 58.0 Å². The summed E-state index contributed by atoms with van der Waals surface area (Å²) in [5.41, 5.74) is 0.221. The summed E-state index contributed by atoms with van der Waals surface area (Å²) < 4.78 is 73.4. The number of hydrogen-bond acceptors (Lipinski definition) is 27. The lowest BCUT2D eigenvalue weighted by atomic mass is 9.44. The predicted octanol–water partition coefficient (Wildman–Crippen LogP) is -4.45. The maximum atomic E-state index is 12.0. The van der Waals surface area contributed by atoms with Gasteiger partial charge in [0.15, 0.2) is 37.2 Å². The van der Waals surface area contributed by atoms with E-state index in [2.05, 4.69) is 27.7 Å². The lowest BCUT2D eigenvalue weighted by molar-refractivity contribution is -0.409. The lowest BCUT2D eigenvalue weighted by Crippen LogP contribution is -2.69. The van der Waals surface area contributed by atoms with Crippen molar-refractivity contribution < 1.29 is 133 Å². The minimum Gasteiger partial charge on any atom is -0.394 e. The Bertz CT molecular complexity index is 2140. The van der Waals surface area contributed by atoms with Crippen molar-refractivity contribution in [2.24, 2.45) is 52.3 Å². The fourth-order valence-corrected chi connectivity index (χ4v) is 17.4. The molecule has 0 amide bonds. The molecule has 11 rings (SSSR count). The summed E-state index contributed by atoms with van der Waals surface area (Å²) in [6.45, 7) is 6.14. The van der Waals surface area contributed by atoms with E-state index < -0.39 is 186 Å². The van der Waals surface area contributed by atoms with Crippen LogP contribution in [0.2, 0.25) is 0 Å². The molecule has 0 aromatic carbocycles. The average Bonchev–Trinajstić information content (AvgIpc) is 4.01. The molecule has 15 N–H and O–H groups in total. The molecule has 36 unspecified atom stereocenters. The van der Waals surface area contributed by atoms with Crippen molar-refractivity contribution in [1.29, 1.82) is 0 Å². The molecule has 0 aromatic rings. The van der Waals surface area contributed by atoms with E-state index in [1.54, 1.807) is 0 Å². The summed E-state index contributed by atoms with van der Waals surface area (Å²) in [6, 6.07) is 0. The van der Waals surface area contributed by atoms with Crippen LogP contribution < -0.4 is 0 Å². The van der Waals surface area contributed by atoms with Gasteiger partial charge in [0.1, 0.15) is 116 Å². The monoisotopic (exact) mass is 1200 g/mol. The van der Waals surface area contributed by atoms with Gasteiger partial charge < -0.3 is 133 Å². The topological polar surface area (TPSA) is 414 Å². The average molecular weight is 1200 g/mol. The maximum absolute atomic E-state index is 12.0. The summed E-state index contributed by atoms with van der Waals surface area (Å²) in [6.07, 6.45) is -34.5. The third-order valence-electron chi connectivity index (χ3n) is 22.1. The molecule has 7 aliphatic heterocycles. The van der Waals surface area contributed by atoms with Crippen molar-refractivity contribution in [3.63, 3.8) is 0 Å². The Labute approximate surface area is 481 Å². The molecule has 83 heavy (non-hydrogen) atoms. The van der Waals surface area contributed by atoms with Crippen LogP contribution in [0.15, 0.2) is 0 Å². The Morgan fingerprint density at radius 2 is 1.01 bits per heavy atom. The highest BCUT2D eigenvalue weighted by Gasteiger charge is 2.70. The van der Waals surface area contributed by atoms with Gasteiger partial charge in [-0.2, -0.15) is 0 Å². The van der Waals surface area contributed by atoms with Gasteiger partial charge in [-0.25, -0.2) is 0 Å². The summed E-state index contributed by atoms with van der Waals surface area (Å²) in [5, 5.41) is 164. The zero-order valence-electron chi connectivity index (χ0n) is 47.5. The van der Waals surface area contributed by atoms with Gasteiger partial charge in [0.05, 0.1) is 51.8 Å². The number of aliphatic hydroxyl groups excluding tert-OH is 15. The molecule has 7 saturated heterocycles. The van der Waals surface area contributed by atoms with Crippen molar-refractivity contribution in [1.82, 2.24) is 0 Å². The van der Waals surface area contributed by atoms with E-state index in [-0.39, 0.29) is 23.0 Å². The summed E-state index contributed by atoms with van der Waals surface area (Å²) >= 11 is 0. The number of ether oxygens (including phenoxy) is 12. The molecule has 478 valence electrons. The molecular weight excluding hydrogens is 1100 g/mol. The quantitative estimate of drug-likeness (QED) is 0.0730. The smallest absolute Gasteiger partial charge is 0.187 e. The molecule has 4 saturated carbocycles. The molecule has 27 heteroatoms. The predicted molar refractivity (Wildman–Crippen MR) is 275 cm³/mol. The summed E-state index contributed by atoms with van der Waals surface area (Å²) in [5.74, 6) is 2.83. The number of hydrogen-bond donors (Lipinski definition) is 15. The highest BCUT2D eigenvalue weighted by molar-refractivity contribution is 5.16. The fourth-order valence-electron chi connectivity index (χ4n) is 17.4. The van der Waals surface area contributed by atoms with Crippen molar-refractivity contribution in [2.45, 2.75) is 257 Å². The van der Waals surface area contributed by atoms with Crippen LogP contribution in [-0.2, 0) is 56.8 Å². The van der Waals surface area contributed by atoms with Crippen LogP contribution in [-0.4, -0.2) is 282 Å². The SMILES string of the molecule is CC1CCC2(OC1)OC1CC3C4CCC5CC(OC6OC(CO)C(OC7OC(CO)C(O)C(OC8OCC(O)C(O)C8O)C7OC7OC(CO)C(O)C(OC8OC(CO)C(O)C(O)C8O)C7O)C(O)C6O)CCC5(C)C4CCC3(C)C1C2C. The Hall–Kier alpha value is -1.08. The molecule has 0 bridgehead atoms. The third-order valence-corrected chi connectivity index (χ3v) is 22.1. The Balaban J connectivity index is 0.784. The minimum absolute atomic E-state index is 0.0500. The van der Waals surface area contributed by atoms with E-state index >= 15 is 0 Å². The largest absolute Gasteiger partial charge is 0.394 e. The first kappa shape index (κ1) is 63.5. The zero-order chi connectivity index (χ0) is 59.4. The standard InChI is InChI=1S/C56H92O27/c1-21-7-12-56(73-19-21)22(2)34-29(83-56)14-27-25-6-5-23-13-24(8-10-54(23,3)26(25)9-11-55(27,34)4)74-50-43(70)40(67)45(33(18-60)78-50)79-53-48(47(38(65)32(17-59)77-53)81-49-41(68)35(62)28(61)20-72-49)82-52-44(71)46(37(64)31(16-58)76-52)80-51-42(69)39(66)36(63)30(15-57)75-51/h21-53,57-71H,5-20H2,1-4H3. The molecule has 4 aliphatic carbocycles. The minimum atomic E-state index is -2.18. The Morgan fingerprint density at radius 3 is 1.69 bits per heavy atom. The summed E-state index contributed by atoms with van der Waals surface area (Å²) in [4.78, 5) is 0. The second-order valence-corrected chi connectivity index (χ2v) is 26.7. The van der Waals surface area contributed by atoms with Gasteiger partial charge in [-0.1, -0.05) is 27.7 Å². The molecule has 36 atom stereocenters. The second-order valence-electron chi connectivity index (χ2n) is 26.7. The molecule has 11 fully saturated rings. The molecule has 7 heterocycles. The Morgan fingerprint density at radius 1 is 0.446 bits per heavy atom. The third kappa shape index (κ3) is 11.2. The fraction of sp³-hybridized carbons (Fsp3) is 1.00. The van der Waals surface area contributed by atoms with Crippen LogP contribution in [0.3, 0.4) is 0 Å². The molecule has 27 nitrogen and oxygen atoms in total. The normalized spacial score (nSPS) is 57.4. The van der Waals surface area contributed by atoms with Gasteiger partial charge >= 0.3 is 0 Å². The first-order chi connectivity index (χ1) is 39.5. The first-order valence-electron chi connectivity index (χ1n) is 30.3. The summed E-state index contributed by atoms with van der Waals surface area (Å²) in [7, 11) is 0. The molecule has 1 spiro atoms. The van der Waals surface area contributed by atoms with Crippen LogP contribution in [0.5, 0.6) is 0 Å². The number of aliphatic hydroxyl groups is 15. The molecule has 0 radical (unpaired) electrons. The van der Waals surface area contributed by atoms with E-state index in [9.17, 15) is 76.6 Å². The van der Waals surface area contributed by atoms with Gasteiger partial charge in [-0.15, -0.1) is 0 Å². The van der Waals surface area contributed by atoms with Crippen molar-refractivity contribution in [3.05, 3.63) is 0 Å². The van der Waals surface area contributed by atoms with E-state index in [4.69, 9.17) is 56.8 Å². The van der Waals surface area contributed by atoms with Crippen molar-refractivity contribution in [2.75, 3.05) is 39.6 Å². The van der Waals surface area contributed by atoms with Gasteiger partial charge in [0.25, 0.3) is 0 Å². The van der Waals surface area contributed by atoms with Crippen LogP contribution in [0, 0.1) is 52.3 Å². The highest BCUT2D eigenvalue weighted by atomic mass is 16.8. The van der Waals surface area contributed by atoms with Crippen LogP contribution in [0.1, 0.15) is 91.9 Å². The van der Waals surface area contributed by atoms with E-state index in [1.807, 2.05) is 0 Å². The second kappa shape index (κ2) is 25.0. The first-order valence-corrected chi connectivity index (χ1v) is 30.3. The van der Waals surface area contributed by atoms with E-state index in [0.29, 0.717) is 54.3 Å². The number of rotatable bonds is 14. The van der Waals surface area contributed by atoms with Gasteiger partial charge in [-0.3, -0.25) is 0 Å². The van der Waals surface area contributed by atoms with Crippen LogP contribution in [0.25, 0.3) is 0 Å².